The predicted octanol–water partition coefficient (Wildman–Crippen LogP) is 4.63. The number of anilines is 1. The summed E-state index contributed by atoms with van der Waals surface area (Å²) in [4.78, 5) is 12.3. The SMILES string of the molecule is CCn1c(-c2cc(NC(=O)CCc3ccccc3)n[nH]2)cc2cc(OC)ccc21. The molecule has 4 rings (SSSR count). The van der Waals surface area contributed by atoms with Crippen molar-refractivity contribution in [2.75, 3.05) is 12.4 Å². The molecule has 0 unspecified atom stereocenters. The van der Waals surface area contributed by atoms with E-state index in [9.17, 15) is 4.79 Å². The average molecular weight is 388 g/mol. The number of amides is 1. The number of fused-ring (bicyclic) bond motifs is 1. The Morgan fingerprint density at radius 1 is 1.14 bits per heavy atom. The number of aromatic amines is 1. The van der Waals surface area contributed by atoms with Crippen LogP contribution in [0.15, 0.2) is 60.7 Å². The third-order valence-corrected chi connectivity index (χ3v) is 5.03. The zero-order valence-corrected chi connectivity index (χ0v) is 16.6. The smallest absolute Gasteiger partial charge is 0.225 e. The third-order valence-electron chi connectivity index (χ3n) is 5.03. The Balaban J connectivity index is 1.50. The van der Waals surface area contributed by atoms with E-state index >= 15 is 0 Å². The van der Waals surface area contributed by atoms with Gasteiger partial charge < -0.3 is 14.6 Å². The molecule has 148 valence electrons. The Hall–Kier alpha value is -3.54. The Bertz CT molecular complexity index is 1130. The molecule has 2 aromatic carbocycles. The van der Waals surface area contributed by atoms with Gasteiger partial charge in [-0.2, -0.15) is 5.10 Å². The van der Waals surface area contributed by atoms with Gasteiger partial charge in [0.25, 0.3) is 0 Å². The zero-order chi connectivity index (χ0) is 20.2. The van der Waals surface area contributed by atoms with Gasteiger partial charge in [-0.05, 0) is 43.2 Å². The number of aryl methyl sites for hydroxylation is 2. The molecule has 6 heteroatoms. The summed E-state index contributed by atoms with van der Waals surface area (Å²) in [6.07, 6.45) is 1.12. The number of H-pyrrole nitrogens is 1. The molecule has 1 amide bonds. The molecule has 0 bridgehead atoms. The molecule has 29 heavy (non-hydrogen) atoms. The van der Waals surface area contributed by atoms with Crippen molar-refractivity contribution in [3.8, 4) is 17.1 Å². The van der Waals surface area contributed by atoms with Crippen LogP contribution in [0.4, 0.5) is 5.82 Å². The monoisotopic (exact) mass is 388 g/mol. The molecule has 0 aliphatic rings. The van der Waals surface area contributed by atoms with Crippen LogP contribution in [0.2, 0.25) is 0 Å². The Kier molecular flexibility index (Phi) is 5.33. The maximum Gasteiger partial charge on any atom is 0.225 e. The van der Waals surface area contributed by atoms with Crippen LogP contribution >= 0.6 is 0 Å². The molecule has 0 saturated heterocycles. The Morgan fingerprint density at radius 3 is 2.72 bits per heavy atom. The molecule has 6 nitrogen and oxygen atoms in total. The summed E-state index contributed by atoms with van der Waals surface area (Å²) >= 11 is 0. The molecule has 0 saturated carbocycles. The van der Waals surface area contributed by atoms with E-state index in [1.54, 1.807) is 7.11 Å². The second-order valence-corrected chi connectivity index (χ2v) is 6.90. The second kappa shape index (κ2) is 8.22. The van der Waals surface area contributed by atoms with Gasteiger partial charge in [0, 0.05) is 29.9 Å². The number of carbonyl (C=O) groups is 1. The van der Waals surface area contributed by atoms with Crippen LogP contribution in [0.25, 0.3) is 22.3 Å². The highest BCUT2D eigenvalue weighted by Crippen LogP contribution is 2.30. The van der Waals surface area contributed by atoms with Crippen LogP contribution in [-0.4, -0.2) is 27.8 Å². The molecule has 2 heterocycles. The van der Waals surface area contributed by atoms with Crippen molar-refractivity contribution >= 4 is 22.6 Å². The number of benzene rings is 2. The van der Waals surface area contributed by atoms with Gasteiger partial charge in [-0.25, -0.2) is 0 Å². The fraction of sp³-hybridized carbons (Fsp3) is 0.217. The maximum absolute atomic E-state index is 12.3. The van der Waals surface area contributed by atoms with E-state index in [1.807, 2.05) is 48.5 Å². The summed E-state index contributed by atoms with van der Waals surface area (Å²) in [5.74, 6) is 1.31. The van der Waals surface area contributed by atoms with Gasteiger partial charge in [0.05, 0.1) is 18.5 Å². The van der Waals surface area contributed by atoms with Gasteiger partial charge in [0.15, 0.2) is 5.82 Å². The number of hydrogen-bond acceptors (Lipinski definition) is 3. The van der Waals surface area contributed by atoms with Crippen LogP contribution < -0.4 is 10.1 Å². The Morgan fingerprint density at radius 2 is 1.97 bits per heavy atom. The van der Waals surface area contributed by atoms with E-state index in [2.05, 4.69) is 39.1 Å². The van der Waals surface area contributed by atoms with E-state index in [1.165, 1.54) is 0 Å². The van der Waals surface area contributed by atoms with Crippen LogP contribution in [0, 0.1) is 0 Å². The van der Waals surface area contributed by atoms with Gasteiger partial charge in [-0.15, -0.1) is 0 Å². The number of ether oxygens (including phenoxy) is 1. The normalized spacial score (nSPS) is 11.0. The van der Waals surface area contributed by atoms with Gasteiger partial charge in [-0.1, -0.05) is 30.3 Å². The first-order chi connectivity index (χ1) is 14.2. The van der Waals surface area contributed by atoms with E-state index in [-0.39, 0.29) is 5.91 Å². The summed E-state index contributed by atoms with van der Waals surface area (Å²) in [7, 11) is 1.67. The predicted molar refractivity (Wildman–Crippen MR) is 115 cm³/mol. The summed E-state index contributed by atoms with van der Waals surface area (Å²) in [5, 5.41) is 11.3. The number of rotatable bonds is 7. The quantitative estimate of drug-likeness (QED) is 0.485. The largest absolute Gasteiger partial charge is 0.497 e. The fourth-order valence-corrected chi connectivity index (χ4v) is 3.56. The highest BCUT2D eigenvalue weighted by atomic mass is 16.5. The molecular weight excluding hydrogens is 364 g/mol. The lowest BCUT2D eigenvalue weighted by molar-refractivity contribution is -0.116. The first-order valence-corrected chi connectivity index (χ1v) is 9.74. The number of carbonyl (C=O) groups excluding carboxylic acids is 1. The minimum Gasteiger partial charge on any atom is -0.497 e. The maximum atomic E-state index is 12.3. The molecule has 0 aliphatic heterocycles. The molecule has 2 aromatic heterocycles. The van der Waals surface area contributed by atoms with Gasteiger partial charge in [0.2, 0.25) is 5.91 Å². The molecule has 0 fully saturated rings. The van der Waals surface area contributed by atoms with E-state index in [0.717, 1.165) is 40.1 Å². The highest BCUT2D eigenvalue weighted by Gasteiger charge is 2.14. The lowest BCUT2D eigenvalue weighted by Gasteiger charge is -2.06. The van der Waals surface area contributed by atoms with Gasteiger partial charge in [0.1, 0.15) is 5.75 Å². The first kappa shape index (κ1) is 18.8. The first-order valence-electron chi connectivity index (χ1n) is 9.74. The topological polar surface area (TPSA) is 71.9 Å². The summed E-state index contributed by atoms with van der Waals surface area (Å²) in [6.45, 7) is 2.93. The van der Waals surface area contributed by atoms with Crippen molar-refractivity contribution in [1.82, 2.24) is 14.8 Å². The number of aromatic nitrogens is 3. The van der Waals surface area contributed by atoms with Crippen molar-refractivity contribution in [1.29, 1.82) is 0 Å². The van der Waals surface area contributed by atoms with Crippen molar-refractivity contribution in [3.63, 3.8) is 0 Å². The highest BCUT2D eigenvalue weighted by molar-refractivity contribution is 5.91. The van der Waals surface area contributed by atoms with Crippen LogP contribution in [-0.2, 0) is 17.8 Å². The molecular formula is C23H24N4O2. The van der Waals surface area contributed by atoms with E-state index < -0.39 is 0 Å². The van der Waals surface area contributed by atoms with Gasteiger partial charge >= 0.3 is 0 Å². The molecule has 0 atom stereocenters. The zero-order valence-electron chi connectivity index (χ0n) is 16.6. The average Bonchev–Trinajstić information content (AvgIpc) is 3.36. The molecule has 4 aromatic rings. The van der Waals surface area contributed by atoms with Crippen LogP contribution in [0.5, 0.6) is 5.75 Å². The molecule has 2 N–H and O–H groups in total. The van der Waals surface area contributed by atoms with Crippen LogP contribution in [0.1, 0.15) is 18.9 Å². The number of hydrogen-bond donors (Lipinski definition) is 2. The molecule has 0 aliphatic carbocycles. The summed E-state index contributed by atoms with van der Waals surface area (Å²) in [5.41, 5.74) is 4.16. The number of nitrogens with zero attached hydrogens (tertiary/aromatic N) is 2. The van der Waals surface area contributed by atoms with Crippen molar-refractivity contribution < 1.29 is 9.53 Å². The number of nitrogens with one attached hydrogen (secondary N) is 2. The lowest BCUT2D eigenvalue weighted by Crippen LogP contribution is -2.12. The standard InChI is InChI=1S/C23H24N4O2/c1-3-27-20-11-10-18(29-2)13-17(20)14-21(27)19-15-22(26-25-19)24-23(28)12-9-16-7-5-4-6-8-16/h4-8,10-11,13-15H,3,9,12H2,1-2H3,(H2,24,25,26,28). The van der Waals surface area contributed by atoms with Crippen molar-refractivity contribution in [2.45, 2.75) is 26.3 Å². The second-order valence-electron chi connectivity index (χ2n) is 6.90. The summed E-state index contributed by atoms with van der Waals surface area (Å²) in [6, 6.07) is 20.0. The van der Waals surface area contributed by atoms with Crippen molar-refractivity contribution in [2.24, 2.45) is 0 Å². The van der Waals surface area contributed by atoms with Crippen LogP contribution in [0.3, 0.4) is 0 Å². The van der Waals surface area contributed by atoms with Gasteiger partial charge in [-0.3, -0.25) is 9.89 Å². The summed E-state index contributed by atoms with van der Waals surface area (Å²) < 4.78 is 7.55. The minimum absolute atomic E-state index is 0.0484. The Labute approximate surface area is 169 Å². The third kappa shape index (κ3) is 4.01. The van der Waals surface area contributed by atoms with E-state index in [0.29, 0.717) is 18.7 Å². The lowest BCUT2D eigenvalue weighted by atomic mass is 10.1. The fourth-order valence-electron chi connectivity index (χ4n) is 3.56. The molecule has 0 radical (unpaired) electrons. The van der Waals surface area contributed by atoms with Crippen molar-refractivity contribution in [3.05, 3.63) is 66.2 Å². The number of methoxy groups -OCH3 is 1. The minimum atomic E-state index is -0.0484. The molecule has 0 spiro atoms. The van der Waals surface area contributed by atoms with E-state index in [4.69, 9.17) is 4.74 Å².